The third-order valence-corrected chi connectivity index (χ3v) is 6.30. The molecular formula is C23H27N3O3S. The zero-order chi connectivity index (χ0) is 21.3. The highest BCUT2D eigenvalue weighted by Crippen LogP contribution is 2.26. The summed E-state index contributed by atoms with van der Waals surface area (Å²) in [7, 11) is 0. The number of ketones is 1. The number of carbonyl (C=O) groups excluding carboxylic acids is 1. The lowest BCUT2D eigenvalue weighted by Gasteiger charge is -2.14. The van der Waals surface area contributed by atoms with Gasteiger partial charge in [-0.1, -0.05) is 29.0 Å². The fourth-order valence-electron chi connectivity index (χ4n) is 4.04. The van der Waals surface area contributed by atoms with Crippen molar-refractivity contribution in [3.8, 4) is 11.5 Å². The predicted octanol–water partition coefficient (Wildman–Crippen LogP) is 4.93. The van der Waals surface area contributed by atoms with Crippen molar-refractivity contribution in [2.45, 2.75) is 58.4 Å². The summed E-state index contributed by atoms with van der Waals surface area (Å²) in [5.74, 6) is 0.808. The molecule has 1 saturated heterocycles. The first-order valence-electron chi connectivity index (χ1n) is 10.3. The monoisotopic (exact) mass is 425 g/mol. The van der Waals surface area contributed by atoms with Gasteiger partial charge >= 0.3 is 0 Å². The minimum absolute atomic E-state index is 0.0674. The molecule has 0 saturated carbocycles. The number of thioether (sulfide) groups is 1. The molecule has 0 radical (unpaired) electrons. The number of ether oxygens (including phenoxy) is 1. The highest BCUT2D eigenvalue weighted by molar-refractivity contribution is 7.99. The van der Waals surface area contributed by atoms with Gasteiger partial charge in [-0.05, 0) is 58.7 Å². The van der Waals surface area contributed by atoms with E-state index in [1.807, 2.05) is 45.9 Å². The Labute approximate surface area is 181 Å². The van der Waals surface area contributed by atoms with Crippen LogP contribution < -0.4 is 0 Å². The van der Waals surface area contributed by atoms with Crippen molar-refractivity contribution in [2.24, 2.45) is 0 Å². The molecule has 1 unspecified atom stereocenters. The molecule has 1 aromatic carbocycles. The topological polar surface area (TPSA) is 70.2 Å². The number of hydrogen-bond acceptors (Lipinski definition) is 6. The molecule has 3 heterocycles. The lowest BCUT2D eigenvalue weighted by molar-refractivity contribution is 0.0957. The van der Waals surface area contributed by atoms with E-state index in [2.05, 4.69) is 20.8 Å². The maximum atomic E-state index is 12.9. The predicted molar refractivity (Wildman–Crippen MR) is 117 cm³/mol. The molecule has 1 fully saturated rings. The van der Waals surface area contributed by atoms with Crippen molar-refractivity contribution in [1.29, 1.82) is 0 Å². The van der Waals surface area contributed by atoms with Crippen molar-refractivity contribution in [2.75, 3.05) is 12.4 Å². The molecule has 0 bridgehead atoms. The van der Waals surface area contributed by atoms with Crippen LogP contribution in [0.3, 0.4) is 0 Å². The number of Topliss-reactive ketones (excluding diaryl/α,β-unsaturated/α-hetero) is 1. The zero-order valence-corrected chi connectivity index (χ0v) is 18.7. The number of nitrogens with zero attached hydrogens (tertiary/aromatic N) is 3. The summed E-state index contributed by atoms with van der Waals surface area (Å²) >= 11 is 1.28. The van der Waals surface area contributed by atoms with Crippen LogP contribution in [0.5, 0.6) is 0 Å². The Morgan fingerprint density at radius 3 is 2.60 bits per heavy atom. The zero-order valence-electron chi connectivity index (χ0n) is 17.9. The maximum absolute atomic E-state index is 12.9. The smallest absolute Gasteiger partial charge is 0.277 e. The number of benzene rings is 1. The van der Waals surface area contributed by atoms with E-state index in [9.17, 15) is 4.79 Å². The Balaban J connectivity index is 1.42. The van der Waals surface area contributed by atoms with E-state index in [0.29, 0.717) is 11.1 Å². The first-order chi connectivity index (χ1) is 14.4. The van der Waals surface area contributed by atoms with Gasteiger partial charge in [0.15, 0.2) is 5.78 Å². The molecule has 2 aromatic heterocycles. The Morgan fingerprint density at radius 2 is 1.90 bits per heavy atom. The van der Waals surface area contributed by atoms with Crippen LogP contribution in [-0.4, -0.2) is 39.0 Å². The fraction of sp³-hybridized carbons (Fsp3) is 0.435. The molecule has 1 aliphatic heterocycles. The van der Waals surface area contributed by atoms with Gasteiger partial charge in [-0.25, -0.2) is 0 Å². The second-order valence-corrected chi connectivity index (χ2v) is 8.92. The summed E-state index contributed by atoms with van der Waals surface area (Å²) in [4.78, 5) is 12.9. The lowest BCUT2D eigenvalue weighted by atomic mass is 10.1. The van der Waals surface area contributed by atoms with E-state index < -0.39 is 0 Å². The summed E-state index contributed by atoms with van der Waals surface area (Å²) in [5, 5.41) is 8.66. The van der Waals surface area contributed by atoms with Gasteiger partial charge in [0.2, 0.25) is 5.89 Å². The summed E-state index contributed by atoms with van der Waals surface area (Å²) < 4.78 is 13.7. The first kappa shape index (κ1) is 20.9. The van der Waals surface area contributed by atoms with E-state index in [1.54, 1.807) is 0 Å². The molecule has 6 nitrogen and oxygen atoms in total. The van der Waals surface area contributed by atoms with Crippen LogP contribution in [0.4, 0.5) is 0 Å². The van der Waals surface area contributed by atoms with Gasteiger partial charge < -0.3 is 13.7 Å². The molecule has 7 heteroatoms. The Morgan fingerprint density at radius 1 is 1.13 bits per heavy atom. The van der Waals surface area contributed by atoms with E-state index in [4.69, 9.17) is 9.15 Å². The van der Waals surface area contributed by atoms with E-state index in [0.717, 1.165) is 59.6 Å². The number of carbonyl (C=O) groups is 1. The quantitative estimate of drug-likeness (QED) is 0.395. The molecule has 0 amide bonds. The van der Waals surface area contributed by atoms with Crippen LogP contribution in [0.15, 0.2) is 33.9 Å². The van der Waals surface area contributed by atoms with Crippen LogP contribution in [-0.2, 0) is 11.3 Å². The average Bonchev–Trinajstić information content (AvgIpc) is 3.43. The highest BCUT2D eigenvalue weighted by atomic mass is 32.2. The molecule has 3 aromatic rings. The number of hydrogen-bond donors (Lipinski definition) is 0. The van der Waals surface area contributed by atoms with Crippen LogP contribution >= 0.6 is 11.8 Å². The minimum atomic E-state index is 0.0674. The van der Waals surface area contributed by atoms with Gasteiger partial charge in [-0.15, -0.1) is 10.2 Å². The molecule has 158 valence electrons. The van der Waals surface area contributed by atoms with Gasteiger partial charge in [-0.2, -0.15) is 0 Å². The van der Waals surface area contributed by atoms with Gasteiger partial charge in [0.1, 0.15) is 0 Å². The van der Waals surface area contributed by atoms with Gasteiger partial charge in [0, 0.05) is 35.7 Å². The van der Waals surface area contributed by atoms with Crippen LogP contribution in [0.1, 0.15) is 45.7 Å². The van der Waals surface area contributed by atoms with Gasteiger partial charge in [0.05, 0.1) is 11.9 Å². The molecule has 1 aliphatic rings. The molecular weight excluding hydrogens is 398 g/mol. The van der Waals surface area contributed by atoms with Crippen LogP contribution in [0, 0.1) is 27.7 Å². The van der Waals surface area contributed by atoms with Gasteiger partial charge in [0.25, 0.3) is 5.22 Å². The second-order valence-electron chi connectivity index (χ2n) is 7.99. The van der Waals surface area contributed by atoms with Crippen LogP contribution in [0.2, 0.25) is 0 Å². The molecule has 0 aliphatic carbocycles. The first-order valence-corrected chi connectivity index (χ1v) is 11.3. The summed E-state index contributed by atoms with van der Waals surface area (Å²) in [6, 6.07) is 8.11. The lowest BCUT2D eigenvalue weighted by Crippen LogP contribution is -2.17. The highest BCUT2D eigenvalue weighted by Gasteiger charge is 2.21. The summed E-state index contributed by atoms with van der Waals surface area (Å²) in [5.41, 5.74) is 6.03. The fourth-order valence-corrected chi connectivity index (χ4v) is 4.69. The van der Waals surface area contributed by atoms with Crippen molar-refractivity contribution < 1.29 is 13.9 Å². The van der Waals surface area contributed by atoms with E-state index >= 15 is 0 Å². The number of aryl methyl sites for hydroxylation is 3. The van der Waals surface area contributed by atoms with Crippen molar-refractivity contribution in [3.63, 3.8) is 0 Å². The largest absolute Gasteiger partial charge is 0.411 e. The second kappa shape index (κ2) is 8.78. The average molecular weight is 426 g/mol. The van der Waals surface area contributed by atoms with Gasteiger partial charge in [-0.3, -0.25) is 4.79 Å². The maximum Gasteiger partial charge on any atom is 0.277 e. The Bertz CT molecular complexity index is 1040. The Kier molecular flexibility index (Phi) is 6.11. The molecule has 0 N–H and O–H groups in total. The van der Waals surface area contributed by atoms with Crippen molar-refractivity contribution >= 4 is 17.5 Å². The number of rotatable bonds is 7. The van der Waals surface area contributed by atoms with E-state index in [1.165, 1.54) is 11.8 Å². The molecule has 4 rings (SSSR count). The number of aromatic nitrogens is 3. The minimum Gasteiger partial charge on any atom is -0.411 e. The Hall–Kier alpha value is -2.38. The third kappa shape index (κ3) is 4.52. The SMILES string of the molecule is Cc1cc(C)cc(-c2nnc(SCC(=O)c3cc(C)n(CC4CCCO4)c3C)o2)c1. The summed E-state index contributed by atoms with van der Waals surface area (Å²) in [6.07, 6.45) is 2.44. The van der Waals surface area contributed by atoms with E-state index in [-0.39, 0.29) is 17.6 Å². The molecule has 1 atom stereocenters. The summed E-state index contributed by atoms with van der Waals surface area (Å²) in [6.45, 7) is 9.76. The van der Waals surface area contributed by atoms with Crippen LogP contribution in [0.25, 0.3) is 11.5 Å². The van der Waals surface area contributed by atoms with Crippen molar-refractivity contribution in [3.05, 3.63) is 52.3 Å². The molecule has 0 spiro atoms. The molecule has 30 heavy (non-hydrogen) atoms. The third-order valence-electron chi connectivity index (χ3n) is 5.49. The van der Waals surface area contributed by atoms with Crippen molar-refractivity contribution in [1.82, 2.24) is 14.8 Å². The normalized spacial score (nSPS) is 16.3. The standard InChI is InChI=1S/C23H27N3O3S/c1-14-8-15(2)10-18(9-14)22-24-25-23(29-22)30-13-21(27)20-11-16(3)26(17(20)4)12-19-6-5-7-28-19/h8-11,19H,5-7,12-13H2,1-4H3.